The fourth-order valence-corrected chi connectivity index (χ4v) is 1.95. The van der Waals surface area contributed by atoms with Crippen LogP contribution in [-0.2, 0) is 9.53 Å². The first-order valence-electron chi connectivity index (χ1n) is 4.67. The monoisotopic (exact) mass is 238 g/mol. The number of nitrogens with zero attached hydrogens (tertiary/aromatic N) is 3. The molecule has 7 heteroatoms. The van der Waals surface area contributed by atoms with Crippen molar-refractivity contribution in [2.45, 2.75) is 11.9 Å². The number of carbonyl (C=O) groups excluding carboxylic acids is 1. The van der Waals surface area contributed by atoms with Gasteiger partial charge in [-0.1, -0.05) is 0 Å². The lowest BCUT2D eigenvalue weighted by atomic mass is 10.6. The number of aromatic amines is 1. The van der Waals surface area contributed by atoms with Gasteiger partial charge in [-0.15, -0.1) is 11.8 Å². The Bertz CT molecular complexity index is 499. The molecule has 2 aromatic heterocycles. The Labute approximate surface area is 95.8 Å². The lowest BCUT2D eigenvalue weighted by molar-refractivity contribution is -0.140. The molecule has 0 aromatic carbocycles. The molecule has 16 heavy (non-hydrogen) atoms. The summed E-state index contributed by atoms with van der Waals surface area (Å²) in [6.07, 6.45) is 3.05. The summed E-state index contributed by atoms with van der Waals surface area (Å²) in [7, 11) is 0. The van der Waals surface area contributed by atoms with Gasteiger partial charge in [0.1, 0.15) is 23.5 Å². The topological polar surface area (TPSA) is 80.8 Å². The number of fused-ring (bicyclic) bond motifs is 1. The molecule has 2 heterocycles. The number of imidazole rings is 1. The molecule has 0 radical (unpaired) electrons. The molecule has 0 amide bonds. The van der Waals surface area contributed by atoms with Gasteiger partial charge in [0.05, 0.1) is 6.33 Å². The van der Waals surface area contributed by atoms with Crippen molar-refractivity contribution in [3.63, 3.8) is 0 Å². The van der Waals surface area contributed by atoms with Crippen LogP contribution in [0, 0.1) is 0 Å². The number of hydrogen-bond donors (Lipinski definition) is 1. The van der Waals surface area contributed by atoms with Gasteiger partial charge in [0.15, 0.2) is 5.65 Å². The summed E-state index contributed by atoms with van der Waals surface area (Å²) in [4.78, 5) is 25.7. The molecule has 0 saturated heterocycles. The van der Waals surface area contributed by atoms with Gasteiger partial charge in [-0.2, -0.15) is 0 Å². The zero-order valence-corrected chi connectivity index (χ0v) is 9.45. The molecule has 0 spiro atoms. The predicted molar refractivity (Wildman–Crippen MR) is 59.0 cm³/mol. The third-order valence-electron chi connectivity index (χ3n) is 1.82. The molecule has 0 saturated carbocycles. The van der Waals surface area contributed by atoms with Crippen LogP contribution in [0.4, 0.5) is 0 Å². The van der Waals surface area contributed by atoms with E-state index in [4.69, 9.17) is 4.74 Å². The van der Waals surface area contributed by atoms with Crippen LogP contribution in [0.1, 0.15) is 6.92 Å². The van der Waals surface area contributed by atoms with Crippen LogP contribution in [0.15, 0.2) is 17.7 Å². The molecule has 0 fully saturated rings. The van der Waals surface area contributed by atoms with Crippen LogP contribution in [0.5, 0.6) is 0 Å². The van der Waals surface area contributed by atoms with E-state index in [0.29, 0.717) is 18.0 Å². The van der Waals surface area contributed by atoms with E-state index in [1.807, 2.05) is 0 Å². The summed E-state index contributed by atoms with van der Waals surface area (Å²) < 4.78 is 4.83. The lowest BCUT2D eigenvalue weighted by Crippen LogP contribution is -2.02. The van der Waals surface area contributed by atoms with E-state index >= 15 is 0 Å². The molecule has 1 N–H and O–H groups in total. The second-order valence-corrected chi connectivity index (χ2v) is 4.05. The fraction of sp³-hybridized carbons (Fsp3) is 0.333. The van der Waals surface area contributed by atoms with Crippen LogP contribution in [0.2, 0.25) is 0 Å². The van der Waals surface area contributed by atoms with Gasteiger partial charge in [-0.25, -0.2) is 15.0 Å². The second-order valence-electron chi connectivity index (χ2n) is 2.97. The quantitative estimate of drug-likeness (QED) is 0.370. The molecule has 0 aliphatic rings. The Balaban J connectivity index is 1.98. The average Bonchev–Trinajstić information content (AvgIpc) is 2.72. The molecule has 0 aliphatic heterocycles. The van der Waals surface area contributed by atoms with Crippen molar-refractivity contribution >= 4 is 28.9 Å². The average molecular weight is 238 g/mol. The van der Waals surface area contributed by atoms with Crippen LogP contribution < -0.4 is 0 Å². The van der Waals surface area contributed by atoms with Crippen molar-refractivity contribution in [1.29, 1.82) is 0 Å². The molecule has 2 rings (SSSR count). The summed E-state index contributed by atoms with van der Waals surface area (Å²) in [5.41, 5.74) is 1.46. The maximum atomic E-state index is 10.6. The first-order chi connectivity index (χ1) is 7.77. The minimum Gasteiger partial charge on any atom is -0.465 e. The first-order valence-corrected chi connectivity index (χ1v) is 5.66. The molecule has 84 valence electrons. The molecular weight excluding hydrogens is 228 g/mol. The van der Waals surface area contributed by atoms with Crippen LogP contribution in [0.3, 0.4) is 0 Å². The van der Waals surface area contributed by atoms with Gasteiger partial charge in [0, 0.05) is 12.7 Å². The number of ether oxygens (including phenoxy) is 1. The van der Waals surface area contributed by atoms with Gasteiger partial charge >= 0.3 is 5.97 Å². The number of aromatic nitrogens is 4. The number of H-pyrrole nitrogens is 1. The fourth-order valence-electron chi connectivity index (χ4n) is 1.18. The van der Waals surface area contributed by atoms with Crippen LogP contribution in [0.25, 0.3) is 11.2 Å². The minimum atomic E-state index is -0.269. The van der Waals surface area contributed by atoms with Gasteiger partial charge < -0.3 is 9.72 Å². The van der Waals surface area contributed by atoms with Crippen LogP contribution >= 0.6 is 11.8 Å². The highest BCUT2D eigenvalue weighted by molar-refractivity contribution is 7.99. The number of nitrogens with one attached hydrogen (secondary N) is 1. The smallest absolute Gasteiger partial charge is 0.302 e. The summed E-state index contributed by atoms with van der Waals surface area (Å²) in [6.45, 7) is 1.77. The number of esters is 1. The summed E-state index contributed by atoms with van der Waals surface area (Å²) in [5, 5.41) is 0.814. The highest BCUT2D eigenvalue weighted by Gasteiger charge is 2.06. The Morgan fingerprint density at radius 1 is 1.50 bits per heavy atom. The zero-order valence-electron chi connectivity index (χ0n) is 8.64. The Hall–Kier alpha value is -1.63. The Morgan fingerprint density at radius 3 is 3.19 bits per heavy atom. The molecule has 0 bridgehead atoms. The van der Waals surface area contributed by atoms with Gasteiger partial charge in [0.25, 0.3) is 0 Å². The molecule has 0 unspecified atom stereocenters. The van der Waals surface area contributed by atoms with Crippen molar-refractivity contribution in [2.24, 2.45) is 0 Å². The molecule has 2 aromatic rings. The number of rotatable bonds is 4. The Morgan fingerprint density at radius 2 is 2.38 bits per heavy atom. The summed E-state index contributed by atoms with van der Waals surface area (Å²) in [6, 6.07) is 0. The second kappa shape index (κ2) is 4.93. The first kappa shape index (κ1) is 10.9. The molecule has 0 atom stereocenters. The van der Waals surface area contributed by atoms with E-state index in [-0.39, 0.29) is 5.97 Å². The standard InChI is InChI=1S/C9H10N4O2S/c1-6(14)15-2-3-16-9-7-8(11-4-10-7)12-5-13-9/h4-5H,2-3H2,1H3,(H,10,11,12,13). The van der Waals surface area contributed by atoms with Gasteiger partial charge in [-0.3, -0.25) is 4.79 Å². The van der Waals surface area contributed by atoms with E-state index in [1.54, 1.807) is 6.33 Å². The molecular formula is C9H10N4O2S. The van der Waals surface area contributed by atoms with Crippen molar-refractivity contribution in [3.05, 3.63) is 12.7 Å². The zero-order chi connectivity index (χ0) is 11.4. The van der Waals surface area contributed by atoms with Crippen molar-refractivity contribution in [1.82, 2.24) is 19.9 Å². The van der Waals surface area contributed by atoms with E-state index < -0.39 is 0 Å². The SMILES string of the molecule is CC(=O)OCCSc1ncnc2nc[nH]c12. The molecule has 0 aliphatic carbocycles. The van der Waals surface area contributed by atoms with Gasteiger partial charge in [0.2, 0.25) is 0 Å². The maximum Gasteiger partial charge on any atom is 0.302 e. The van der Waals surface area contributed by atoms with Crippen molar-refractivity contribution in [3.8, 4) is 0 Å². The minimum absolute atomic E-state index is 0.269. The largest absolute Gasteiger partial charge is 0.465 e. The summed E-state index contributed by atoms with van der Waals surface area (Å²) in [5.74, 6) is 0.389. The van der Waals surface area contributed by atoms with Crippen LogP contribution in [-0.4, -0.2) is 38.3 Å². The number of thioether (sulfide) groups is 1. The van der Waals surface area contributed by atoms with E-state index in [0.717, 1.165) is 10.5 Å². The number of carbonyl (C=O) groups is 1. The number of hydrogen-bond acceptors (Lipinski definition) is 6. The van der Waals surface area contributed by atoms with Gasteiger partial charge in [-0.05, 0) is 0 Å². The lowest BCUT2D eigenvalue weighted by Gasteiger charge is -2.01. The van der Waals surface area contributed by atoms with E-state index in [2.05, 4.69) is 19.9 Å². The maximum absolute atomic E-state index is 10.6. The third kappa shape index (κ3) is 2.48. The predicted octanol–water partition coefficient (Wildman–Crippen LogP) is 1.01. The summed E-state index contributed by atoms with van der Waals surface area (Å²) >= 11 is 1.50. The molecule has 6 nitrogen and oxygen atoms in total. The van der Waals surface area contributed by atoms with E-state index in [1.165, 1.54) is 25.0 Å². The van der Waals surface area contributed by atoms with E-state index in [9.17, 15) is 4.79 Å². The Kier molecular flexibility index (Phi) is 3.35. The normalized spacial score (nSPS) is 10.6. The third-order valence-corrected chi connectivity index (χ3v) is 2.77. The van der Waals surface area contributed by atoms with Crippen molar-refractivity contribution in [2.75, 3.05) is 12.4 Å². The highest BCUT2D eigenvalue weighted by atomic mass is 32.2. The van der Waals surface area contributed by atoms with Crippen molar-refractivity contribution < 1.29 is 9.53 Å². The highest BCUT2D eigenvalue weighted by Crippen LogP contribution is 2.21.